The summed E-state index contributed by atoms with van der Waals surface area (Å²) in [5.41, 5.74) is -0.295. The Labute approximate surface area is 170 Å². The van der Waals surface area contributed by atoms with Gasteiger partial charge in [-0.05, 0) is 32.1 Å². The minimum absolute atomic E-state index is 0.246. The SMILES string of the molecule is CCNC(=NCC1(C(=O)N(C)C)CCCC1)N1CCC(CN2CCOCC2)C1. The molecule has 1 unspecified atom stereocenters. The molecule has 28 heavy (non-hydrogen) atoms. The summed E-state index contributed by atoms with van der Waals surface area (Å²) < 4.78 is 5.47. The second kappa shape index (κ2) is 9.92. The molecule has 1 aliphatic carbocycles. The largest absolute Gasteiger partial charge is 0.379 e. The molecule has 0 spiro atoms. The van der Waals surface area contributed by atoms with Crippen molar-refractivity contribution in [3.05, 3.63) is 0 Å². The number of nitrogens with zero attached hydrogens (tertiary/aromatic N) is 4. The van der Waals surface area contributed by atoms with Crippen molar-refractivity contribution >= 4 is 11.9 Å². The molecule has 3 rings (SSSR count). The maximum Gasteiger partial charge on any atom is 0.230 e. The number of hydrogen-bond donors (Lipinski definition) is 1. The lowest BCUT2D eigenvalue weighted by Crippen LogP contribution is -2.44. The molecule has 2 aliphatic heterocycles. The number of carbonyl (C=O) groups is 1. The van der Waals surface area contributed by atoms with E-state index in [0.717, 1.165) is 84.1 Å². The Balaban J connectivity index is 1.61. The summed E-state index contributed by atoms with van der Waals surface area (Å²) in [5, 5.41) is 3.48. The molecule has 0 aromatic carbocycles. The van der Waals surface area contributed by atoms with Crippen LogP contribution in [0.15, 0.2) is 4.99 Å². The first kappa shape index (κ1) is 21.4. The number of guanidine groups is 1. The first-order chi connectivity index (χ1) is 13.5. The second-order valence-electron chi connectivity index (χ2n) is 8.87. The Morgan fingerprint density at radius 1 is 1.21 bits per heavy atom. The summed E-state index contributed by atoms with van der Waals surface area (Å²) in [4.78, 5) is 24.5. The predicted molar refractivity (Wildman–Crippen MR) is 113 cm³/mol. The van der Waals surface area contributed by atoms with E-state index < -0.39 is 0 Å². The van der Waals surface area contributed by atoms with E-state index in [1.54, 1.807) is 4.90 Å². The van der Waals surface area contributed by atoms with E-state index in [-0.39, 0.29) is 11.3 Å². The van der Waals surface area contributed by atoms with Gasteiger partial charge in [0.15, 0.2) is 5.96 Å². The Morgan fingerprint density at radius 3 is 2.57 bits per heavy atom. The molecule has 0 aromatic rings. The van der Waals surface area contributed by atoms with E-state index in [1.165, 1.54) is 6.42 Å². The normalized spacial score (nSPS) is 25.9. The van der Waals surface area contributed by atoms with Crippen molar-refractivity contribution in [2.24, 2.45) is 16.3 Å². The minimum Gasteiger partial charge on any atom is -0.379 e. The number of rotatable bonds is 6. The van der Waals surface area contributed by atoms with Gasteiger partial charge in [0.05, 0.1) is 25.2 Å². The second-order valence-corrected chi connectivity index (χ2v) is 8.87. The summed E-state index contributed by atoms with van der Waals surface area (Å²) >= 11 is 0. The molecule has 1 atom stereocenters. The summed E-state index contributed by atoms with van der Waals surface area (Å²) in [6.45, 7) is 10.7. The van der Waals surface area contributed by atoms with Crippen molar-refractivity contribution in [1.82, 2.24) is 20.0 Å². The number of morpholine rings is 1. The fourth-order valence-corrected chi connectivity index (χ4v) is 4.94. The molecule has 1 amide bonds. The Morgan fingerprint density at radius 2 is 1.93 bits per heavy atom. The standard InChI is InChI=1S/C21H39N5O2/c1-4-22-20(23-17-21(8-5-6-9-21)19(27)24(2)3)26-10-7-18(16-26)15-25-11-13-28-14-12-25/h18H,4-17H2,1-3H3,(H,22,23). The van der Waals surface area contributed by atoms with Gasteiger partial charge in [0.1, 0.15) is 0 Å². The van der Waals surface area contributed by atoms with Crippen LogP contribution in [0.5, 0.6) is 0 Å². The van der Waals surface area contributed by atoms with Gasteiger partial charge in [-0.2, -0.15) is 0 Å². The molecular formula is C21H39N5O2. The van der Waals surface area contributed by atoms with Crippen LogP contribution in [-0.4, -0.2) is 99.7 Å². The minimum atomic E-state index is -0.295. The quantitative estimate of drug-likeness (QED) is 0.544. The number of aliphatic imine (C=N–C) groups is 1. The molecule has 0 aromatic heterocycles. The van der Waals surface area contributed by atoms with Crippen molar-refractivity contribution in [2.45, 2.75) is 39.0 Å². The van der Waals surface area contributed by atoms with Crippen LogP contribution in [0.2, 0.25) is 0 Å². The highest BCUT2D eigenvalue weighted by atomic mass is 16.5. The Hall–Kier alpha value is -1.34. The van der Waals surface area contributed by atoms with Gasteiger partial charge in [-0.25, -0.2) is 0 Å². The van der Waals surface area contributed by atoms with E-state index in [0.29, 0.717) is 12.5 Å². The summed E-state index contributed by atoms with van der Waals surface area (Å²) in [6.07, 6.45) is 5.41. The molecule has 1 N–H and O–H groups in total. The summed E-state index contributed by atoms with van der Waals surface area (Å²) in [7, 11) is 3.74. The van der Waals surface area contributed by atoms with Crippen LogP contribution in [0, 0.1) is 11.3 Å². The van der Waals surface area contributed by atoms with Gasteiger partial charge in [0.2, 0.25) is 5.91 Å². The van der Waals surface area contributed by atoms with Crippen LogP contribution in [-0.2, 0) is 9.53 Å². The highest BCUT2D eigenvalue weighted by Crippen LogP contribution is 2.39. The Bertz CT molecular complexity index is 539. The zero-order valence-electron chi connectivity index (χ0n) is 18.1. The average molecular weight is 394 g/mol. The van der Waals surface area contributed by atoms with E-state index in [4.69, 9.17) is 9.73 Å². The molecule has 2 saturated heterocycles. The number of ether oxygens (including phenoxy) is 1. The van der Waals surface area contributed by atoms with Crippen LogP contribution in [0.1, 0.15) is 39.0 Å². The van der Waals surface area contributed by atoms with Crippen molar-refractivity contribution < 1.29 is 9.53 Å². The lowest BCUT2D eigenvalue weighted by Gasteiger charge is -2.31. The molecule has 3 aliphatic rings. The molecule has 0 radical (unpaired) electrons. The molecule has 7 heteroatoms. The lowest BCUT2D eigenvalue weighted by molar-refractivity contribution is -0.138. The molecular weight excluding hydrogens is 354 g/mol. The third-order valence-corrected chi connectivity index (χ3v) is 6.49. The third-order valence-electron chi connectivity index (χ3n) is 6.49. The number of nitrogens with one attached hydrogen (secondary N) is 1. The summed E-state index contributed by atoms with van der Waals surface area (Å²) in [5.74, 6) is 1.92. The first-order valence-electron chi connectivity index (χ1n) is 11.1. The van der Waals surface area contributed by atoms with Crippen molar-refractivity contribution in [2.75, 3.05) is 73.1 Å². The van der Waals surface area contributed by atoms with Crippen LogP contribution >= 0.6 is 0 Å². The number of likely N-dealkylation sites (tertiary alicyclic amines) is 1. The van der Waals surface area contributed by atoms with E-state index in [1.807, 2.05) is 14.1 Å². The van der Waals surface area contributed by atoms with Gasteiger partial charge in [0.25, 0.3) is 0 Å². The van der Waals surface area contributed by atoms with Crippen LogP contribution in [0.3, 0.4) is 0 Å². The van der Waals surface area contributed by atoms with Crippen molar-refractivity contribution in [1.29, 1.82) is 0 Å². The molecule has 1 saturated carbocycles. The van der Waals surface area contributed by atoms with E-state index in [9.17, 15) is 4.79 Å². The molecule has 7 nitrogen and oxygen atoms in total. The lowest BCUT2D eigenvalue weighted by atomic mass is 9.85. The zero-order chi connectivity index (χ0) is 20.0. The van der Waals surface area contributed by atoms with Crippen molar-refractivity contribution in [3.8, 4) is 0 Å². The van der Waals surface area contributed by atoms with Gasteiger partial charge in [0, 0.05) is 53.4 Å². The van der Waals surface area contributed by atoms with Gasteiger partial charge in [-0.3, -0.25) is 14.7 Å². The molecule has 3 fully saturated rings. The monoisotopic (exact) mass is 393 g/mol. The smallest absolute Gasteiger partial charge is 0.230 e. The first-order valence-corrected chi connectivity index (χ1v) is 11.1. The summed E-state index contributed by atoms with van der Waals surface area (Å²) in [6, 6.07) is 0. The van der Waals surface area contributed by atoms with Crippen LogP contribution in [0.4, 0.5) is 0 Å². The highest BCUT2D eigenvalue weighted by Gasteiger charge is 2.42. The fraction of sp³-hybridized carbons (Fsp3) is 0.905. The maximum atomic E-state index is 12.8. The van der Waals surface area contributed by atoms with Crippen molar-refractivity contribution in [3.63, 3.8) is 0 Å². The number of hydrogen-bond acceptors (Lipinski definition) is 4. The van der Waals surface area contributed by atoms with Crippen LogP contribution < -0.4 is 5.32 Å². The Kier molecular flexibility index (Phi) is 7.57. The van der Waals surface area contributed by atoms with Gasteiger partial charge < -0.3 is 19.9 Å². The maximum absolute atomic E-state index is 12.8. The topological polar surface area (TPSA) is 60.4 Å². The van der Waals surface area contributed by atoms with Gasteiger partial charge in [-0.15, -0.1) is 0 Å². The van der Waals surface area contributed by atoms with E-state index >= 15 is 0 Å². The molecule has 160 valence electrons. The fourth-order valence-electron chi connectivity index (χ4n) is 4.94. The van der Waals surface area contributed by atoms with Gasteiger partial charge in [-0.1, -0.05) is 12.8 Å². The van der Waals surface area contributed by atoms with Gasteiger partial charge >= 0.3 is 0 Å². The van der Waals surface area contributed by atoms with Crippen LogP contribution in [0.25, 0.3) is 0 Å². The van der Waals surface area contributed by atoms with E-state index in [2.05, 4.69) is 22.0 Å². The molecule has 2 heterocycles. The number of amides is 1. The zero-order valence-corrected chi connectivity index (χ0v) is 18.1. The predicted octanol–water partition coefficient (Wildman–Crippen LogP) is 1.25. The number of carbonyl (C=O) groups excluding carboxylic acids is 1. The average Bonchev–Trinajstić information content (AvgIpc) is 3.36. The third kappa shape index (κ3) is 5.17. The highest BCUT2D eigenvalue weighted by molar-refractivity contribution is 5.84. The molecule has 0 bridgehead atoms.